The third kappa shape index (κ3) is 2.27. The highest BCUT2D eigenvalue weighted by Crippen LogP contribution is 2.37. The monoisotopic (exact) mass is 304 g/mol. The van der Waals surface area contributed by atoms with Crippen LogP contribution in [0.15, 0.2) is 22.7 Å². The van der Waals surface area contributed by atoms with Crippen LogP contribution in [0.25, 0.3) is 10.1 Å². The highest BCUT2D eigenvalue weighted by atomic mass is 79.9. The lowest BCUT2D eigenvalue weighted by molar-refractivity contribution is -0.0383. The van der Waals surface area contributed by atoms with E-state index in [4.69, 9.17) is 9.47 Å². The van der Waals surface area contributed by atoms with Gasteiger partial charge in [-0.15, -0.1) is 11.3 Å². The van der Waals surface area contributed by atoms with Gasteiger partial charge in [0.05, 0.1) is 11.3 Å². The van der Waals surface area contributed by atoms with Crippen molar-refractivity contribution in [3.63, 3.8) is 0 Å². The van der Waals surface area contributed by atoms with Crippen LogP contribution in [-0.2, 0) is 16.1 Å². The normalized spacial score (nSPS) is 11.2. The van der Waals surface area contributed by atoms with Crippen molar-refractivity contribution in [2.45, 2.75) is 6.61 Å². The number of benzene rings is 1. The summed E-state index contributed by atoms with van der Waals surface area (Å²) < 4.78 is 25.1. The Kier molecular flexibility index (Phi) is 3.91. The second-order valence-electron chi connectivity index (χ2n) is 3.21. The van der Waals surface area contributed by atoms with Gasteiger partial charge in [-0.3, -0.25) is 0 Å². The fraction of sp³-hybridized carbons (Fsp3) is 0.273. The summed E-state index contributed by atoms with van der Waals surface area (Å²) >= 11 is 4.86. The maximum absolute atomic E-state index is 13.5. The van der Waals surface area contributed by atoms with Crippen LogP contribution < -0.4 is 0 Å². The average Bonchev–Trinajstić information content (AvgIpc) is 2.59. The first-order valence-electron chi connectivity index (χ1n) is 4.66. The Morgan fingerprint density at radius 1 is 1.44 bits per heavy atom. The van der Waals surface area contributed by atoms with Crippen LogP contribution in [0.5, 0.6) is 0 Å². The number of ether oxygens (including phenoxy) is 2. The molecule has 16 heavy (non-hydrogen) atoms. The SMILES string of the molecule is COCOCc1sc2c(F)cccc2c1Br. The molecule has 0 saturated heterocycles. The van der Waals surface area contributed by atoms with Gasteiger partial charge in [0.1, 0.15) is 12.6 Å². The fourth-order valence-corrected chi connectivity index (χ4v) is 3.27. The third-order valence-corrected chi connectivity index (χ3v) is 4.46. The predicted molar refractivity (Wildman–Crippen MR) is 66.1 cm³/mol. The molecule has 0 amide bonds. The minimum atomic E-state index is -0.193. The van der Waals surface area contributed by atoms with E-state index in [0.29, 0.717) is 11.3 Å². The smallest absolute Gasteiger partial charge is 0.146 e. The van der Waals surface area contributed by atoms with Crippen molar-refractivity contribution in [2.24, 2.45) is 0 Å². The molecule has 0 radical (unpaired) electrons. The van der Waals surface area contributed by atoms with Crippen LogP contribution in [0.4, 0.5) is 4.39 Å². The van der Waals surface area contributed by atoms with Gasteiger partial charge in [-0.25, -0.2) is 4.39 Å². The van der Waals surface area contributed by atoms with Gasteiger partial charge in [-0.1, -0.05) is 12.1 Å². The first-order chi connectivity index (χ1) is 7.74. The topological polar surface area (TPSA) is 18.5 Å². The van der Waals surface area contributed by atoms with E-state index in [1.165, 1.54) is 17.4 Å². The molecular weight excluding hydrogens is 295 g/mol. The molecule has 0 spiro atoms. The molecule has 86 valence electrons. The number of halogens is 2. The molecule has 0 N–H and O–H groups in total. The van der Waals surface area contributed by atoms with Crippen LogP contribution in [0.2, 0.25) is 0 Å². The summed E-state index contributed by atoms with van der Waals surface area (Å²) in [6.07, 6.45) is 0. The van der Waals surface area contributed by atoms with Crippen molar-refractivity contribution in [1.82, 2.24) is 0 Å². The average molecular weight is 305 g/mol. The molecule has 0 aliphatic rings. The van der Waals surface area contributed by atoms with Gasteiger partial charge >= 0.3 is 0 Å². The number of thiophene rings is 1. The third-order valence-electron chi connectivity index (χ3n) is 2.11. The Morgan fingerprint density at radius 3 is 2.94 bits per heavy atom. The van der Waals surface area contributed by atoms with E-state index in [-0.39, 0.29) is 12.6 Å². The summed E-state index contributed by atoms with van der Waals surface area (Å²) in [4.78, 5) is 0.970. The second-order valence-corrected chi connectivity index (χ2v) is 5.11. The van der Waals surface area contributed by atoms with E-state index < -0.39 is 0 Å². The van der Waals surface area contributed by atoms with Crippen molar-refractivity contribution in [3.05, 3.63) is 33.4 Å². The Bertz CT molecular complexity index is 498. The molecule has 2 aromatic rings. The molecule has 0 fully saturated rings. The summed E-state index contributed by atoms with van der Waals surface area (Å²) in [5, 5.41) is 0.890. The van der Waals surface area contributed by atoms with E-state index in [9.17, 15) is 4.39 Å². The highest BCUT2D eigenvalue weighted by Gasteiger charge is 2.12. The van der Waals surface area contributed by atoms with Gasteiger partial charge in [0, 0.05) is 21.8 Å². The maximum atomic E-state index is 13.5. The van der Waals surface area contributed by atoms with Crippen LogP contribution in [0.3, 0.4) is 0 Å². The van der Waals surface area contributed by atoms with E-state index in [0.717, 1.165) is 14.7 Å². The lowest BCUT2D eigenvalue weighted by Gasteiger charge is -2.00. The van der Waals surface area contributed by atoms with E-state index >= 15 is 0 Å². The van der Waals surface area contributed by atoms with Gasteiger partial charge in [0.2, 0.25) is 0 Å². The molecule has 0 unspecified atom stereocenters. The standard InChI is InChI=1S/C11H10BrFO2S/c1-14-6-15-5-9-10(12)7-3-2-4-8(13)11(7)16-9/h2-4H,5-6H2,1H3. The number of hydrogen-bond donors (Lipinski definition) is 0. The first-order valence-corrected chi connectivity index (χ1v) is 6.27. The molecule has 0 atom stereocenters. The van der Waals surface area contributed by atoms with Crippen LogP contribution >= 0.6 is 27.3 Å². The quantitative estimate of drug-likeness (QED) is 0.629. The molecule has 0 aliphatic heterocycles. The fourth-order valence-electron chi connectivity index (χ4n) is 1.41. The van der Waals surface area contributed by atoms with Gasteiger partial charge in [0.15, 0.2) is 0 Å². The van der Waals surface area contributed by atoms with Crippen molar-refractivity contribution in [2.75, 3.05) is 13.9 Å². The number of fused-ring (bicyclic) bond motifs is 1. The van der Waals surface area contributed by atoms with Gasteiger partial charge in [0.25, 0.3) is 0 Å². The first kappa shape index (κ1) is 12.0. The minimum absolute atomic E-state index is 0.193. The Hall–Kier alpha value is -0.490. The molecule has 0 saturated carbocycles. The van der Waals surface area contributed by atoms with Gasteiger partial charge < -0.3 is 9.47 Å². The Labute approximate surface area is 105 Å². The molecule has 0 aliphatic carbocycles. The molecular formula is C11H10BrFO2S. The zero-order valence-corrected chi connectivity index (χ0v) is 11.0. The summed E-state index contributed by atoms with van der Waals surface area (Å²) in [6, 6.07) is 5.05. The van der Waals surface area contributed by atoms with E-state index in [1.54, 1.807) is 13.2 Å². The van der Waals surface area contributed by atoms with Crippen LogP contribution in [-0.4, -0.2) is 13.9 Å². The predicted octanol–water partition coefficient (Wildman–Crippen LogP) is 3.92. The lowest BCUT2D eigenvalue weighted by atomic mass is 10.2. The zero-order chi connectivity index (χ0) is 11.5. The maximum Gasteiger partial charge on any atom is 0.146 e. The summed E-state index contributed by atoms with van der Waals surface area (Å²) in [5.41, 5.74) is 0. The summed E-state index contributed by atoms with van der Waals surface area (Å²) in [6.45, 7) is 0.663. The Morgan fingerprint density at radius 2 is 2.25 bits per heavy atom. The minimum Gasteiger partial charge on any atom is -0.359 e. The van der Waals surface area contributed by atoms with Crippen molar-refractivity contribution in [3.8, 4) is 0 Å². The summed E-state index contributed by atoms with van der Waals surface area (Å²) in [5.74, 6) is -0.193. The molecule has 1 heterocycles. The lowest BCUT2D eigenvalue weighted by Crippen LogP contribution is -1.95. The highest BCUT2D eigenvalue weighted by molar-refractivity contribution is 9.10. The molecule has 1 aromatic heterocycles. The van der Waals surface area contributed by atoms with E-state index in [2.05, 4.69) is 15.9 Å². The van der Waals surface area contributed by atoms with Crippen LogP contribution in [0, 0.1) is 5.82 Å². The zero-order valence-electron chi connectivity index (χ0n) is 8.63. The Balaban J connectivity index is 2.33. The molecule has 0 bridgehead atoms. The number of hydrogen-bond acceptors (Lipinski definition) is 3. The number of methoxy groups -OCH3 is 1. The van der Waals surface area contributed by atoms with Gasteiger partial charge in [-0.05, 0) is 22.0 Å². The molecule has 5 heteroatoms. The largest absolute Gasteiger partial charge is 0.359 e. The van der Waals surface area contributed by atoms with Crippen molar-refractivity contribution < 1.29 is 13.9 Å². The van der Waals surface area contributed by atoms with Crippen molar-refractivity contribution >= 4 is 37.4 Å². The molecule has 2 rings (SSSR count). The van der Waals surface area contributed by atoms with Gasteiger partial charge in [-0.2, -0.15) is 0 Å². The van der Waals surface area contributed by atoms with E-state index in [1.807, 2.05) is 6.07 Å². The molecule has 2 nitrogen and oxygen atoms in total. The van der Waals surface area contributed by atoms with Crippen molar-refractivity contribution in [1.29, 1.82) is 0 Å². The molecule has 1 aromatic carbocycles. The number of rotatable bonds is 4. The second kappa shape index (κ2) is 5.23. The van der Waals surface area contributed by atoms with Crippen LogP contribution in [0.1, 0.15) is 4.88 Å². The summed E-state index contributed by atoms with van der Waals surface area (Å²) in [7, 11) is 1.57.